The maximum absolute atomic E-state index is 11.2. The van der Waals surface area contributed by atoms with E-state index in [4.69, 9.17) is 16.9 Å². The molecule has 1 aromatic heterocycles. The number of benzene rings is 1. The summed E-state index contributed by atoms with van der Waals surface area (Å²) in [4.78, 5) is 11.2. The van der Waals surface area contributed by atoms with Crippen LogP contribution in [0, 0.1) is 19.3 Å². The number of amides is 1. The van der Waals surface area contributed by atoms with Crippen molar-refractivity contribution in [3.05, 3.63) is 29.5 Å². The van der Waals surface area contributed by atoms with Crippen LogP contribution in [0.2, 0.25) is 0 Å². The van der Waals surface area contributed by atoms with Gasteiger partial charge in [0.05, 0.1) is 11.2 Å². The number of carbonyl (C=O) groups excluding carboxylic acids is 1. The summed E-state index contributed by atoms with van der Waals surface area (Å²) < 4.78 is 7.11. The molecule has 1 amide bonds. The maximum Gasteiger partial charge on any atom is 0.248 e. The number of ether oxygens (including phenoxy) is 1. The van der Waals surface area contributed by atoms with E-state index in [1.54, 1.807) is 12.1 Å². The number of hydrogen-bond acceptors (Lipinski definition) is 3. The first kappa shape index (κ1) is 14.1. The molecule has 5 nitrogen and oxygen atoms in total. The van der Waals surface area contributed by atoms with Gasteiger partial charge in [-0.3, -0.25) is 9.48 Å². The topological polar surface area (TPSA) is 70.1 Å². The second-order valence-corrected chi connectivity index (χ2v) is 4.51. The lowest BCUT2D eigenvalue weighted by molar-refractivity contribution is 0.100. The van der Waals surface area contributed by atoms with Gasteiger partial charge in [0.2, 0.25) is 5.91 Å². The molecule has 2 N–H and O–H groups in total. The molecule has 0 unspecified atom stereocenters. The van der Waals surface area contributed by atoms with Crippen molar-refractivity contribution in [2.24, 2.45) is 5.73 Å². The number of nitrogens with zero attached hydrogens (tertiary/aromatic N) is 2. The quantitative estimate of drug-likeness (QED) is 0.639. The standard InChI is InChI=1S/C15H17N3O2/c1-3-8-20-9-4-7-18-14-10-12(15(16)19)5-6-13(14)11(2)17-18/h1,5-6,10H,4,7-9H2,2H3,(H2,16,19). The molecule has 0 atom stereocenters. The van der Waals surface area contributed by atoms with Crippen LogP contribution in [0.15, 0.2) is 18.2 Å². The van der Waals surface area contributed by atoms with Gasteiger partial charge in [0.1, 0.15) is 6.61 Å². The fourth-order valence-corrected chi connectivity index (χ4v) is 2.11. The Kier molecular flexibility index (Phi) is 4.38. The van der Waals surface area contributed by atoms with Crippen LogP contribution in [0.25, 0.3) is 10.9 Å². The third kappa shape index (κ3) is 2.98. The molecular formula is C15H17N3O2. The predicted octanol–water partition coefficient (Wildman–Crippen LogP) is 1.48. The Morgan fingerprint density at radius 2 is 2.35 bits per heavy atom. The van der Waals surface area contributed by atoms with Crippen LogP contribution in [0.1, 0.15) is 22.5 Å². The van der Waals surface area contributed by atoms with Crippen LogP contribution >= 0.6 is 0 Å². The molecule has 0 saturated carbocycles. The van der Waals surface area contributed by atoms with Crippen molar-refractivity contribution in [2.75, 3.05) is 13.2 Å². The molecule has 1 aromatic carbocycles. The zero-order chi connectivity index (χ0) is 14.5. The van der Waals surface area contributed by atoms with Crippen molar-refractivity contribution in [2.45, 2.75) is 19.9 Å². The summed E-state index contributed by atoms with van der Waals surface area (Å²) in [5.74, 6) is 1.99. The first-order valence-corrected chi connectivity index (χ1v) is 6.41. The third-order valence-corrected chi connectivity index (χ3v) is 3.06. The van der Waals surface area contributed by atoms with Gasteiger partial charge in [-0.1, -0.05) is 12.0 Å². The summed E-state index contributed by atoms with van der Waals surface area (Å²) in [5, 5.41) is 5.50. The lowest BCUT2D eigenvalue weighted by Crippen LogP contribution is -2.11. The molecule has 2 rings (SSSR count). The summed E-state index contributed by atoms with van der Waals surface area (Å²) in [7, 11) is 0. The van der Waals surface area contributed by atoms with E-state index in [0.29, 0.717) is 25.3 Å². The smallest absolute Gasteiger partial charge is 0.248 e. The van der Waals surface area contributed by atoms with E-state index >= 15 is 0 Å². The lowest BCUT2D eigenvalue weighted by atomic mass is 10.1. The van der Waals surface area contributed by atoms with Gasteiger partial charge in [-0.2, -0.15) is 5.10 Å². The summed E-state index contributed by atoms with van der Waals surface area (Å²) in [6.07, 6.45) is 5.91. The van der Waals surface area contributed by atoms with Crippen LogP contribution in [0.5, 0.6) is 0 Å². The van der Waals surface area contributed by atoms with Crippen LogP contribution in [-0.2, 0) is 11.3 Å². The van der Waals surface area contributed by atoms with E-state index < -0.39 is 5.91 Å². The highest BCUT2D eigenvalue weighted by molar-refractivity contribution is 5.97. The summed E-state index contributed by atoms with van der Waals surface area (Å²) in [5.41, 5.74) is 7.64. The van der Waals surface area contributed by atoms with E-state index in [1.165, 1.54) is 0 Å². The van der Waals surface area contributed by atoms with E-state index in [1.807, 2.05) is 17.7 Å². The van der Waals surface area contributed by atoms with E-state index in [-0.39, 0.29) is 0 Å². The Hall–Kier alpha value is -2.32. The van der Waals surface area contributed by atoms with Crippen LogP contribution in [0.3, 0.4) is 0 Å². The van der Waals surface area contributed by atoms with Gasteiger partial charge in [0, 0.05) is 24.1 Å². The molecule has 0 radical (unpaired) electrons. The molecule has 104 valence electrons. The second-order valence-electron chi connectivity index (χ2n) is 4.51. The van der Waals surface area contributed by atoms with E-state index in [9.17, 15) is 4.79 Å². The molecule has 0 aliphatic heterocycles. The maximum atomic E-state index is 11.2. The number of rotatable bonds is 6. The Morgan fingerprint density at radius 1 is 1.55 bits per heavy atom. The minimum atomic E-state index is -0.436. The first-order chi connectivity index (χ1) is 9.63. The molecule has 2 aromatic rings. The van der Waals surface area contributed by atoms with Gasteiger partial charge in [-0.05, 0) is 25.5 Å². The molecular weight excluding hydrogens is 254 g/mol. The number of aryl methyl sites for hydroxylation is 2. The monoisotopic (exact) mass is 271 g/mol. The zero-order valence-electron chi connectivity index (χ0n) is 11.4. The van der Waals surface area contributed by atoms with Crippen LogP contribution < -0.4 is 5.73 Å². The summed E-state index contributed by atoms with van der Waals surface area (Å²) in [6, 6.07) is 5.38. The summed E-state index contributed by atoms with van der Waals surface area (Å²) >= 11 is 0. The van der Waals surface area contributed by atoms with Crippen molar-refractivity contribution in [3.63, 3.8) is 0 Å². The summed E-state index contributed by atoms with van der Waals surface area (Å²) in [6.45, 7) is 3.56. The largest absolute Gasteiger partial charge is 0.369 e. The SMILES string of the molecule is C#CCOCCCn1nc(C)c2ccc(C(N)=O)cc21. The Labute approximate surface area is 117 Å². The normalized spacial score (nSPS) is 10.6. The molecule has 1 heterocycles. The molecule has 0 fully saturated rings. The minimum absolute atomic E-state index is 0.324. The molecule has 0 aliphatic carbocycles. The number of nitrogens with two attached hydrogens (primary N) is 1. The second kappa shape index (κ2) is 6.22. The number of hydrogen-bond donors (Lipinski definition) is 1. The van der Waals surface area contributed by atoms with Gasteiger partial charge in [-0.25, -0.2) is 0 Å². The van der Waals surface area contributed by atoms with Gasteiger partial charge in [-0.15, -0.1) is 6.42 Å². The zero-order valence-corrected chi connectivity index (χ0v) is 11.4. The van der Waals surface area contributed by atoms with Crippen molar-refractivity contribution in [1.29, 1.82) is 0 Å². The molecule has 0 spiro atoms. The first-order valence-electron chi connectivity index (χ1n) is 6.41. The van der Waals surface area contributed by atoms with E-state index in [2.05, 4.69) is 11.0 Å². The lowest BCUT2D eigenvalue weighted by Gasteiger charge is -2.04. The molecule has 0 saturated heterocycles. The minimum Gasteiger partial charge on any atom is -0.369 e. The molecule has 0 aliphatic rings. The Bertz CT molecular complexity index is 668. The number of fused-ring (bicyclic) bond motifs is 1. The van der Waals surface area contributed by atoms with Crippen molar-refractivity contribution in [3.8, 4) is 12.3 Å². The predicted molar refractivity (Wildman–Crippen MR) is 77.3 cm³/mol. The van der Waals surface area contributed by atoms with Gasteiger partial charge >= 0.3 is 0 Å². The number of primary amides is 1. The number of carbonyl (C=O) groups is 1. The molecule has 20 heavy (non-hydrogen) atoms. The number of aromatic nitrogens is 2. The third-order valence-electron chi connectivity index (χ3n) is 3.06. The fraction of sp³-hybridized carbons (Fsp3) is 0.333. The van der Waals surface area contributed by atoms with Crippen LogP contribution in [0.4, 0.5) is 0 Å². The molecule has 0 bridgehead atoms. The fourth-order valence-electron chi connectivity index (χ4n) is 2.11. The van der Waals surface area contributed by atoms with Gasteiger partial charge < -0.3 is 10.5 Å². The highest BCUT2D eigenvalue weighted by atomic mass is 16.5. The van der Waals surface area contributed by atoms with E-state index in [0.717, 1.165) is 23.0 Å². The highest BCUT2D eigenvalue weighted by Gasteiger charge is 2.09. The number of terminal acetylenes is 1. The Morgan fingerprint density at radius 3 is 3.05 bits per heavy atom. The average Bonchev–Trinajstić information content (AvgIpc) is 2.75. The van der Waals surface area contributed by atoms with Crippen molar-refractivity contribution in [1.82, 2.24) is 9.78 Å². The average molecular weight is 271 g/mol. The van der Waals surface area contributed by atoms with Crippen molar-refractivity contribution >= 4 is 16.8 Å². The van der Waals surface area contributed by atoms with Crippen LogP contribution in [-0.4, -0.2) is 28.9 Å². The van der Waals surface area contributed by atoms with Gasteiger partial charge in [0.15, 0.2) is 0 Å². The van der Waals surface area contributed by atoms with Crippen molar-refractivity contribution < 1.29 is 9.53 Å². The van der Waals surface area contributed by atoms with Gasteiger partial charge in [0.25, 0.3) is 0 Å². The molecule has 5 heteroatoms. The Balaban J connectivity index is 2.18. The highest BCUT2D eigenvalue weighted by Crippen LogP contribution is 2.20.